The smallest absolute Gasteiger partial charge is 0.317 e. The number of nitrogens with one attached hydrogen (secondary N) is 1. The summed E-state index contributed by atoms with van der Waals surface area (Å²) in [5, 5.41) is 9.29. The molecular formula is C26H29N7O. The molecule has 0 saturated heterocycles. The van der Waals surface area contributed by atoms with Crippen LogP contribution in [0, 0.1) is 6.92 Å². The summed E-state index contributed by atoms with van der Waals surface area (Å²) in [6.07, 6.45) is 8.15. The van der Waals surface area contributed by atoms with E-state index in [0.717, 1.165) is 39.0 Å². The first-order chi connectivity index (χ1) is 16.4. The second kappa shape index (κ2) is 7.68. The van der Waals surface area contributed by atoms with Crippen molar-refractivity contribution in [2.24, 2.45) is 7.05 Å². The van der Waals surface area contributed by atoms with Crippen LogP contribution < -0.4 is 5.32 Å². The molecule has 0 bridgehead atoms. The number of benzene rings is 1. The Morgan fingerprint density at radius 1 is 1.18 bits per heavy atom. The molecule has 1 atom stereocenters. The number of imidazole rings is 1. The summed E-state index contributed by atoms with van der Waals surface area (Å²) in [6.45, 7) is 5.55. The standard InChI is InChI=1S/C26H29N7O/c1-15-7-18-9-22(19-10-29-31(4)13-19)28-11-21(18)20(8-15)24-23-14-32(26(34)27-3)12-16(2)33(23)25(30-24)17-5-6-17/h7-11,13,16-17H,5-6,12,14H2,1-4H3,(H,27,34). The van der Waals surface area contributed by atoms with Crippen molar-refractivity contribution >= 4 is 16.8 Å². The van der Waals surface area contributed by atoms with Crippen LogP contribution in [0.5, 0.6) is 0 Å². The number of nitrogens with zero attached hydrogens (tertiary/aromatic N) is 6. The van der Waals surface area contributed by atoms with Crippen LogP contribution in [-0.2, 0) is 13.6 Å². The zero-order valence-electron chi connectivity index (χ0n) is 20.0. The zero-order valence-corrected chi connectivity index (χ0v) is 20.0. The maximum Gasteiger partial charge on any atom is 0.317 e. The molecule has 1 aromatic carbocycles. The summed E-state index contributed by atoms with van der Waals surface area (Å²) >= 11 is 0. The molecule has 1 fully saturated rings. The minimum absolute atomic E-state index is 0.0462. The fourth-order valence-electron chi connectivity index (χ4n) is 5.25. The van der Waals surface area contributed by atoms with Crippen LogP contribution in [0.25, 0.3) is 33.3 Å². The van der Waals surface area contributed by atoms with E-state index >= 15 is 0 Å². The van der Waals surface area contributed by atoms with Crippen molar-refractivity contribution in [2.75, 3.05) is 13.6 Å². The lowest BCUT2D eigenvalue weighted by Gasteiger charge is -2.34. The molecule has 8 nitrogen and oxygen atoms in total. The van der Waals surface area contributed by atoms with Crippen molar-refractivity contribution < 1.29 is 4.79 Å². The lowest BCUT2D eigenvalue weighted by atomic mass is 9.98. The number of fused-ring (bicyclic) bond motifs is 2. The van der Waals surface area contributed by atoms with E-state index in [1.54, 1.807) is 11.7 Å². The fraction of sp³-hybridized carbons (Fsp3) is 0.385. The van der Waals surface area contributed by atoms with Crippen molar-refractivity contribution in [3.63, 3.8) is 0 Å². The second-order valence-electron chi connectivity index (χ2n) is 9.70. The minimum Gasteiger partial charge on any atom is -0.341 e. The predicted molar refractivity (Wildman–Crippen MR) is 131 cm³/mol. The summed E-state index contributed by atoms with van der Waals surface area (Å²) < 4.78 is 4.19. The Labute approximate surface area is 198 Å². The molecule has 0 radical (unpaired) electrons. The van der Waals surface area contributed by atoms with E-state index in [4.69, 9.17) is 9.97 Å². The van der Waals surface area contributed by atoms with E-state index in [0.29, 0.717) is 19.0 Å². The van der Waals surface area contributed by atoms with Crippen molar-refractivity contribution in [1.29, 1.82) is 0 Å². The molecule has 6 rings (SSSR count). The van der Waals surface area contributed by atoms with Gasteiger partial charge in [0.25, 0.3) is 0 Å². The van der Waals surface area contributed by atoms with Crippen molar-refractivity contribution in [3.05, 3.63) is 53.9 Å². The van der Waals surface area contributed by atoms with Crippen LogP contribution in [0.2, 0.25) is 0 Å². The normalized spacial score (nSPS) is 17.8. The molecule has 34 heavy (non-hydrogen) atoms. The quantitative estimate of drug-likeness (QED) is 0.496. The van der Waals surface area contributed by atoms with Gasteiger partial charge in [-0.15, -0.1) is 0 Å². The highest BCUT2D eigenvalue weighted by atomic mass is 16.2. The summed E-state index contributed by atoms with van der Waals surface area (Å²) in [5.74, 6) is 1.69. The number of carbonyl (C=O) groups is 1. The van der Waals surface area contributed by atoms with Gasteiger partial charge in [-0.1, -0.05) is 6.07 Å². The van der Waals surface area contributed by atoms with Crippen LogP contribution in [0.4, 0.5) is 4.79 Å². The third kappa shape index (κ3) is 3.36. The van der Waals surface area contributed by atoms with Gasteiger partial charge in [0.2, 0.25) is 0 Å². The predicted octanol–water partition coefficient (Wildman–Crippen LogP) is 4.40. The summed E-state index contributed by atoms with van der Waals surface area (Å²) in [6, 6.07) is 6.67. The molecule has 3 aromatic heterocycles. The van der Waals surface area contributed by atoms with Gasteiger partial charge in [0.1, 0.15) is 5.82 Å². The van der Waals surface area contributed by atoms with E-state index in [2.05, 4.69) is 47.0 Å². The number of amides is 2. The van der Waals surface area contributed by atoms with Gasteiger partial charge in [-0.2, -0.15) is 5.10 Å². The largest absolute Gasteiger partial charge is 0.341 e. The Morgan fingerprint density at radius 2 is 2.00 bits per heavy atom. The third-order valence-corrected chi connectivity index (χ3v) is 6.98. The Hall–Kier alpha value is -3.68. The summed E-state index contributed by atoms with van der Waals surface area (Å²) in [7, 11) is 3.60. The SMILES string of the molecule is CNC(=O)N1Cc2c(-c3cc(C)cc4cc(-c5cnn(C)c5)ncc34)nc(C3CC3)n2C(C)C1. The highest BCUT2D eigenvalue weighted by Gasteiger charge is 2.37. The van der Waals surface area contributed by atoms with Crippen molar-refractivity contribution in [3.8, 4) is 22.5 Å². The number of urea groups is 1. The van der Waals surface area contributed by atoms with Gasteiger partial charge in [-0.05, 0) is 49.8 Å². The molecule has 1 aliphatic heterocycles. The van der Waals surface area contributed by atoms with Crippen LogP contribution >= 0.6 is 0 Å². The maximum atomic E-state index is 12.5. The van der Waals surface area contributed by atoms with Crippen LogP contribution in [-0.4, -0.2) is 48.8 Å². The average Bonchev–Trinajstić information content (AvgIpc) is 3.46. The molecule has 1 unspecified atom stereocenters. The first-order valence-corrected chi connectivity index (χ1v) is 11.9. The van der Waals surface area contributed by atoms with Gasteiger partial charge >= 0.3 is 6.03 Å². The second-order valence-corrected chi connectivity index (χ2v) is 9.70. The molecule has 0 spiro atoms. The molecule has 2 amide bonds. The van der Waals surface area contributed by atoms with E-state index in [1.807, 2.05) is 30.5 Å². The number of rotatable bonds is 3. The monoisotopic (exact) mass is 455 g/mol. The van der Waals surface area contributed by atoms with E-state index in [1.165, 1.54) is 24.2 Å². The number of hydrogen-bond donors (Lipinski definition) is 1. The van der Waals surface area contributed by atoms with E-state index in [-0.39, 0.29) is 12.1 Å². The Morgan fingerprint density at radius 3 is 2.71 bits per heavy atom. The van der Waals surface area contributed by atoms with Gasteiger partial charge in [-0.3, -0.25) is 9.67 Å². The Kier molecular flexibility index (Phi) is 4.72. The van der Waals surface area contributed by atoms with Gasteiger partial charge in [0.05, 0.1) is 35.9 Å². The molecule has 174 valence electrons. The minimum atomic E-state index is -0.0462. The van der Waals surface area contributed by atoms with E-state index in [9.17, 15) is 4.79 Å². The van der Waals surface area contributed by atoms with Crippen LogP contribution in [0.1, 0.15) is 48.8 Å². The summed E-state index contributed by atoms with van der Waals surface area (Å²) in [5.41, 5.74) is 6.26. The molecule has 8 heteroatoms. The molecule has 1 N–H and O–H groups in total. The van der Waals surface area contributed by atoms with Crippen LogP contribution in [0.3, 0.4) is 0 Å². The first-order valence-electron chi connectivity index (χ1n) is 11.9. The van der Waals surface area contributed by atoms with Crippen LogP contribution in [0.15, 0.2) is 36.8 Å². The zero-order chi connectivity index (χ0) is 23.6. The number of hydrogen-bond acceptors (Lipinski definition) is 4. The highest BCUT2D eigenvalue weighted by Crippen LogP contribution is 2.45. The number of aryl methyl sites for hydroxylation is 2. The van der Waals surface area contributed by atoms with Gasteiger partial charge in [-0.25, -0.2) is 9.78 Å². The van der Waals surface area contributed by atoms with Gasteiger partial charge < -0.3 is 14.8 Å². The highest BCUT2D eigenvalue weighted by molar-refractivity contribution is 5.98. The summed E-state index contributed by atoms with van der Waals surface area (Å²) in [4.78, 5) is 24.4. The van der Waals surface area contributed by atoms with Gasteiger partial charge in [0, 0.05) is 55.5 Å². The number of aromatic nitrogens is 5. The fourth-order valence-corrected chi connectivity index (χ4v) is 5.25. The topological polar surface area (TPSA) is 80.9 Å². The average molecular weight is 456 g/mol. The molecule has 4 heterocycles. The molecule has 4 aromatic rings. The molecular weight excluding hydrogens is 426 g/mol. The van der Waals surface area contributed by atoms with E-state index < -0.39 is 0 Å². The molecule has 1 aliphatic carbocycles. The lowest BCUT2D eigenvalue weighted by molar-refractivity contribution is 0.174. The Bertz CT molecular complexity index is 1430. The third-order valence-electron chi connectivity index (χ3n) is 6.98. The maximum absolute atomic E-state index is 12.5. The number of pyridine rings is 1. The lowest BCUT2D eigenvalue weighted by Crippen LogP contribution is -2.44. The van der Waals surface area contributed by atoms with Gasteiger partial charge in [0.15, 0.2) is 0 Å². The first kappa shape index (κ1) is 20.9. The number of carbonyl (C=O) groups excluding carboxylic acids is 1. The van der Waals surface area contributed by atoms with Crippen molar-refractivity contribution in [2.45, 2.75) is 45.2 Å². The molecule has 1 saturated carbocycles. The van der Waals surface area contributed by atoms with Crippen molar-refractivity contribution in [1.82, 2.24) is 34.5 Å². The Balaban J connectivity index is 1.53. The molecule has 2 aliphatic rings.